The highest BCUT2D eigenvalue weighted by atomic mass is 16.5. The molecule has 116 valence electrons. The van der Waals surface area contributed by atoms with Gasteiger partial charge in [0.05, 0.1) is 26.9 Å². The Labute approximate surface area is 127 Å². The van der Waals surface area contributed by atoms with E-state index in [0.29, 0.717) is 5.75 Å². The number of carbonyl (C=O) groups is 1. The van der Waals surface area contributed by atoms with Crippen LogP contribution >= 0.6 is 0 Å². The van der Waals surface area contributed by atoms with E-state index in [0.717, 1.165) is 6.07 Å². The zero-order valence-electron chi connectivity index (χ0n) is 12.4. The van der Waals surface area contributed by atoms with Gasteiger partial charge in [0, 0.05) is 6.07 Å². The lowest BCUT2D eigenvalue weighted by atomic mass is 10.00. The number of phenolic OH excluding ortho intramolecular Hbond substituents is 2. The molecule has 2 rings (SSSR count). The SMILES string of the molecule is COc1ccc(OC)c(C(=O)c2ccc(O)cc2O)c1OC. The molecule has 0 aliphatic carbocycles. The average molecular weight is 304 g/mol. The number of hydrogen-bond acceptors (Lipinski definition) is 6. The van der Waals surface area contributed by atoms with E-state index in [4.69, 9.17) is 14.2 Å². The van der Waals surface area contributed by atoms with Crippen molar-refractivity contribution < 1.29 is 29.2 Å². The highest BCUT2D eigenvalue weighted by molar-refractivity contribution is 6.14. The third kappa shape index (κ3) is 2.63. The Hall–Kier alpha value is -2.89. The van der Waals surface area contributed by atoms with Crippen LogP contribution in [0.2, 0.25) is 0 Å². The lowest BCUT2D eigenvalue weighted by Gasteiger charge is -2.15. The number of rotatable bonds is 5. The van der Waals surface area contributed by atoms with Crippen LogP contribution in [0.5, 0.6) is 28.7 Å². The minimum Gasteiger partial charge on any atom is -0.508 e. The Morgan fingerprint density at radius 3 is 2.09 bits per heavy atom. The third-order valence-corrected chi connectivity index (χ3v) is 3.18. The Balaban J connectivity index is 2.66. The largest absolute Gasteiger partial charge is 0.508 e. The number of ketones is 1. The fourth-order valence-electron chi connectivity index (χ4n) is 2.14. The van der Waals surface area contributed by atoms with E-state index < -0.39 is 5.78 Å². The minimum atomic E-state index is -0.509. The van der Waals surface area contributed by atoms with Crippen LogP contribution in [-0.2, 0) is 0 Å². The van der Waals surface area contributed by atoms with E-state index in [1.165, 1.54) is 33.5 Å². The molecule has 0 aliphatic heterocycles. The van der Waals surface area contributed by atoms with Gasteiger partial charge in [0.2, 0.25) is 5.78 Å². The summed E-state index contributed by atoms with van der Waals surface area (Å²) in [6, 6.07) is 6.92. The summed E-state index contributed by atoms with van der Waals surface area (Å²) in [5.41, 5.74) is 0.146. The molecule has 2 aromatic rings. The summed E-state index contributed by atoms with van der Waals surface area (Å²) in [4.78, 5) is 12.7. The summed E-state index contributed by atoms with van der Waals surface area (Å²) in [5.74, 6) is -0.125. The van der Waals surface area contributed by atoms with Gasteiger partial charge in [-0.1, -0.05) is 0 Å². The van der Waals surface area contributed by atoms with Crippen LogP contribution in [-0.4, -0.2) is 37.3 Å². The maximum Gasteiger partial charge on any atom is 0.204 e. The molecule has 2 aromatic carbocycles. The molecule has 0 unspecified atom stereocenters. The summed E-state index contributed by atoms with van der Waals surface area (Å²) in [5, 5.41) is 19.2. The molecule has 6 nitrogen and oxygen atoms in total. The summed E-state index contributed by atoms with van der Waals surface area (Å²) in [6.45, 7) is 0. The molecule has 22 heavy (non-hydrogen) atoms. The van der Waals surface area contributed by atoms with E-state index in [1.54, 1.807) is 12.1 Å². The topological polar surface area (TPSA) is 85.2 Å². The van der Waals surface area contributed by atoms with Crippen LogP contribution in [0.1, 0.15) is 15.9 Å². The molecule has 0 fully saturated rings. The van der Waals surface area contributed by atoms with Crippen molar-refractivity contribution in [2.45, 2.75) is 0 Å². The first-order chi connectivity index (χ1) is 10.5. The van der Waals surface area contributed by atoms with Gasteiger partial charge in [-0.15, -0.1) is 0 Å². The van der Waals surface area contributed by atoms with Crippen LogP contribution < -0.4 is 14.2 Å². The van der Waals surface area contributed by atoms with E-state index in [1.807, 2.05) is 0 Å². The predicted molar refractivity (Wildman–Crippen MR) is 79.3 cm³/mol. The van der Waals surface area contributed by atoms with Crippen LogP contribution in [0.3, 0.4) is 0 Å². The lowest BCUT2D eigenvalue weighted by molar-refractivity contribution is 0.103. The average Bonchev–Trinajstić information content (AvgIpc) is 2.52. The number of hydrogen-bond donors (Lipinski definition) is 2. The number of methoxy groups -OCH3 is 3. The standard InChI is InChI=1S/C16H16O6/c1-20-12-6-7-13(21-2)16(22-3)14(12)15(19)10-5-4-9(17)8-11(10)18/h4-8,17-18H,1-3H3. The quantitative estimate of drug-likeness (QED) is 0.825. The van der Waals surface area contributed by atoms with Crippen LogP contribution in [0.15, 0.2) is 30.3 Å². The normalized spacial score (nSPS) is 10.1. The number of benzene rings is 2. The second-order valence-electron chi connectivity index (χ2n) is 4.41. The first-order valence-corrected chi connectivity index (χ1v) is 6.39. The Morgan fingerprint density at radius 2 is 1.55 bits per heavy atom. The molecule has 0 bridgehead atoms. The summed E-state index contributed by atoms with van der Waals surface area (Å²) in [7, 11) is 4.29. The van der Waals surface area contributed by atoms with Gasteiger partial charge in [0.25, 0.3) is 0 Å². The Morgan fingerprint density at radius 1 is 0.909 bits per heavy atom. The fourth-order valence-corrected chi connectivity index (χ4v) is 2.14. The zero-order valence-corrected chi connectivity index (χ0v) is 12.4. The highest BCUT2D eigenvalue weighted by Gasteiger charge is 2.25. The van der Waals surface area contributed by atoms with Crippen molar-refractivity contribution in [3.63, 3.8) is 0 Å². The second kappa shape index (κ2) is 6.26. The molecular weight excluding hydrogens is 288 g/mol. The molecule has 6 heteroatoms. The maximum absolute atomic E-state index is 12.7. The van der Waals surface area contributed by atoms with Crippen molar-refractivity contribution in [3.05, 3.63) is 41.5 Å². The van der Waals surface area contributed by atoms with Gasteiger partial charge in [-0.05, 0) is 24.3 Å². The predicted octanol–water partition coefficient (Wildman–Crippen LogP) is 2.35. The molecule has 0 radical (unpaired) electrons. The van der Waals surface area contributed by atoms with E-state index in [9.17, 15) is 15.0 Å². The van der Waals surface area contributed by atoms with E-state index in [-0.39, 0.29) is 34.1 Å². The van der Waals surface area contributed by atoms with Crippen molar-refractivity contribution in [1.29, 1.82) is 0 Å². The first kappa shape index (κ1) is 15.5. The van der Waals surface area contributed by atoms with Crippen LogP contribution in [0, 0.1) is 0 Å². The number of carbonyl (C=O) groups excluding carboxylic acids is 1. The van der Waals surface area contributed by atoms with Gasteiger partial charge in [-0.25, -0.2) is 0 Å². The second-order valence-corrected chi connectivity index (χ2v) is 4.41. The maximum atomic E-state index is 12.7. The molecule has 0 heterocycles. The van der Waals surface area contributed by atoms with Gasteiger partial charge >= 0.3 is 0 Å². The Kier molecular flexibility index (Phi) is 4.41. The molecule has 0 saturated carbocycles. The smallest absolute Gasteiger partial charge is 0.204 e. The van der Waals surface area contributed by atoms with Crippen molar-refractivity contribution in [2.75, 3.05) is 21.3 Å². The van der Waals surface area contributed by atoms with Crippen LogP contribution in [0.25, 0.3) is 0 Å². The van der Waals surface area contributed by atoms with Gasteiger partial charge in [-0.2, -0.15) is 0 Å². The summed E-state index contributed by atoms with van der Waals surface area (Å²) in [6.07, 6.45) is 0. The van der Waals surface area contributed by atoms with Crippen molar-refractivity contribution in [3.8, 4) is 28.7 Å². The lowest BCUT2D eigenvalue weighted by Crippen LogP contribution is -2.08. The Bertz CT molecular complexity index is 708. The molecule has 0 spiro atoms. The minimum absolute atomic E-state index is 0.0163. The van der Waals surface area contributed by atoms with Gasteiger partial charge in [-0.3, -0.25) is 4.79 Å². The summed E-state index contributed by atoms with van der Waals surface area (Å²) < 4.78 is 15.6. The molecular formula is C16H16O6. The number of ether oxygens (including phenoxy) is 3. The monoisotopic (exact) mass is 304 g/mol. The van der Waals surface area contributed by atoms with Crippen molar-refractivity contribution >= 4 is 5.78 Å². The number of phenols is 2. The molecule has 0 amide bonds. The van der Waals surface area contributed by atoms with Crippen molar-refractivity contribution in [1.82, 2.24) is 0 Å². The van der Waals surface area contributed by atoms with Crippen LogP contribution in [0.4, 0.5) is 0 Å². The summed E-state index contributed by atoms with van der Waals surface area (Å²) >= 11 is 0. The molecule has 2 N–H and O–H groups in total. The van der Waals surface area contributed by atoms with Crippen molar-refractivity contribution in [2.24, 2.45) is 0 Å². The molecule has 0 aliphatic rings. The van der Waals surface area contributed by atoms with E-state index in [2.05, 4.69) is 0 Å². The molecule has 0 saturated heterocycles. The molecule has 0 atom stereocenters. The zero-order chi connectivity index (χ0) is 16.3. The fraction of sp³-hybridized carbons (Fsp3) is 0.188. The first-order valence-electron chi connectivity index (χ1n) is 6.39. The third-order valence-electron chi connectivity index (χ3n) is 3.18. The van der Waals surface area contributed by atoms with E-state index >= 15 is 0 Å². The molecule has 0 aromatic heterocycles. The van der Waals surface area contributed by atoms with Gasteiger partial charge in [0.15, 0.2) is 11.5 Å². The van der Waals surface area contributed by atoms with Gasteiger partial charge in [0.1, 0.15) is 22.8 Å². The number of aromatic hydroxyl groups is 2. The van der Waals surface area contributed by atoms with Gasteiger partial charge < -0.3 is 24.4 Å². The highest BCUT2D eigenvalue weighted by Crippen LogP contribution is 2.39.